The molecule has 2 aromatic rings. The molecule has 0 aliphatic rings. The van der Waals surface area contributed by atoms with Crippen molar-refractivity contribution in [1.29, 1.82) is 0 Å². The Morgan fingerprint density at radius 3 is 1.86 bits per heavy atom. The van der Waals surface area contributed by atoms with E-state index in [9.17, 15) is 35.9 Å². The number of halogens is 6. The summed E-state index contributed by atoms with van der Waals surface area (Å²) in [7, 11) is 0. The maximum Gasteiger partial charge on any atom is 0.416 e. The van der Waals surface area contributed by atoms with Crippen LogP contribution in [0.1, 0.15) is 33.5 Å². The van der Waals surface area contributed by atoms with Gasteiger partial charge >= 0.3 is 12.4 Å². The molecule has 0 bridgehead atoms. The Labute approximate surface area is 161 Å². The van der Waals surface area contributed by atoms with E-state index in [-0.39, 0.29) is 19.0 Å². The van der Waals surface area contributed by atoms with Crippen LogP contribution in [0.25, 0.3) is 0 Å². The van der Waals surface area contributed by atoms with E-state index in [1.807, 2.05) is 6.92 Å². The molecule has 0 aliphatic heterocycles. The second-order valence-corrected chi connectivity index (χ2v) is 6.21. The van der Waals surface area contributed by atoms with E-state index in [1.165, 1.54) is 0 Å². The number of carbonyl (C=O) groups excluding carboxylic acids is 2. The van der Waals surface area contributed by atoms with E-state index < -0.39 is 40.9 Å². The number of aryl methyl sites for hydroxylation is 1. The lowest BCUT2D eigenvalue weighted by Gasteiger charge is -2.14. The summed E-state index contributed by atoms with van der Waals surface area (Å²) >= 11 is 0. The second kappa shape index (κ2) is 8.54. The van der Waals surface area contributed by atoms with E-state index in [0.717, 1.165) is 5.56 Å². The van der Waals surface area contributed by atoms with Gasteiger partial charge < -0.3 is 10.6 Å². The van der Waals surface area contributed by atoms with Gasteiger partial charge in [0.15, 0.2) is 0 Å². The molecular formula is C19H16F6N2O2. The maximum absolute atomic E-state index is 12.8. The highest BCUT2D eigenvalue weighted by Crippen LogP contribution is 2.36. The summed E-state index contributed by atoms with van der Waals surface area (Å²) in [6.45, 7) is 1.59. The van der Waals surface area contributed by atoms with Crippen LogP contribution in [0.15, 0.2) is 42.5 Å². The van der Waals surface area contributed by atoms with Gasteiger partial charge in [-0.2, -0.15) is 26.3 Å². The Hall–Kier alpha value is -3.04. The third kappa shape index (κ3) is 6.51. The molecule has 0 atom stereocenters. The minimum Gasteiger partial charge on any atom is -0.352 e. The van der Waals surface area contributed by atoms with Crippen molar-refractivity contribution in [2.45, 2.75) is 25.7 Å². The number of nitrogens with one attached hydrogen (secondary N) is 2. The van der Waals surface area contributed by atoms with Crippen LogP contribution in [0.2, 0.25) is 0 Å². The highest BCUT2D eigenvalue weighted by Gasteiger charge is 2.37. The van der Waals surface area contributed by atoms with Crippen LogP contribution < -0.4 is 10.6 Å². The number of hydrogen-bond donors (Lipinski definition) is 2. The number of anilines is 1. The van der Waals surface area contributed by atoms with Crippen LogP contribution in [0.4, 0.5) is 32.0 Å². The average molecular weight is 418 g/mol. The van der Waals surface area contributed by atoms with Crippen molar-refractivity contribution in [3.63, 3.8) is 0 Å². The fourth-order valence-corrected chi connectivity index (χ4v) is 2.34. The molecule has 0 spiro atoms. The van der Waals surface area contributed by atoms with Gasteiger partial charge in [-0.25, -0.2) is 0 Å². The minimum atomic E-state index is -5.05. The van der Waals surface area contributed by atoms with Gasteiger partial charge in [0, 0.05) is 24.2 Å². The number of amides is 2. The number of carbonyl (C=O) groups is 2. The van der Waals surface area contributed by atoms with Crippen LogP contribution >= 0.6 is 0 Å². The SMILES string of the molecule is Cc1ccc(NC(=O)CCNC(=O)c2cc(C(F)(F)F)cc(C(F)(F)F)c2)cc1. The van der Waals surface area contributed by atoms with Gasteiger partial charge in [0.05, 0.1) is 11.1 Å². The summed E-state index contributed by atoms with van der Waals surface area (Å²) in [5, 5.41) is 4.70. The van der Waals surface area contributed by atoms with Crippen LogP contribution in [0.3, 0.4) is 0 Å². The van der Waals surface area contributed by atoms with Crippen molar-refractivity contribution in [3.8, 4) is 0 Å². The van der Waals surface area contributed by atoms with Gasteiger partial charge in [-0.05, 0) is 37.3 Å². The summed E-state index contributed by atoms with van der Waals surface area (Å²) in [5.41, 5.74) is -2.48. The molecule has 156 valence electrons. The normalized spacial score (nSPS) is 11.8. The summed E-state index contributed by atoms with van der Waals surface area (Å²) < 4.78 is 77.0. The van der Waals surface area contributed by atoms with Crippen molar-refractivity contribution >= 4 is 17.5 Å². The Morgan fingerprint density at radius 1 is 0.862 bits per heavy atom. The molecule has 2 N–H and O–H groups in total. The van der Waals surface area contributed by atoms with E-state index in [0.29, 0.717) is 17.8 Å². The van der Waals surface area contributed by atoms with E-state index in [1.54, 1.807) is 24.3 Å². The molecule has 0 fully saturated rings. The molecule has 4 nitrogen and oxygen atoms in total. The Bertz CT molecular complexity index is 857. The fourth-order valence-electron chi connectivity index (χ4n) is 2.34. The Kier molecular flexibility index (Phi) is 6.55. The molecule has 2 rings (SSSR count). The number of benzene rings is 2. The molecule has 0 aromatic heterocycles. The molecule has 2 aromatic carbocycles. The molecular weight excluding hydrogens is 402 g/mol. The summed E-state index contributed by atoms with van der Waals surface area (Å²) in [6.07, 6.45) is -10.3. The van der Waals surface area contributed by atoms with Crippen LogP contribution in [0.5, 0.6) is 0 Å². The first-order chi connectivity index (χ1) is 13.4. The quantitative estimate of drug-likeness (QED) is 0.686. The lowest BCUT2D eigenvalue weighted by molar-refractivity contribution is -0.143. The van der Waals surface area contributed by atoms with Crippen LogP contribution in [0, 0.1) is 6.92 Å². The first-order valence-corrected chi connectivity index (χ1v) is 8.30. The van der Waals surface area contributed by atoms with Gasteiger partial charge in [-0.1, -0.05) is 17.7 Å². The Morgan fingerprint density at radius 2 is 1.38 bits per heavy atom. The topological polar surface area (TPSA) is 58.2 Å². The fraction of sp³-hybridized carbons (Fsp3) is 0.263. The highest BCUT2D eigenvalue weighted by molar-refractivity contribution is 5.95. The molecule has 29 heavy (non-hydrogen) atoms. The lowest BCUT2D eigenvalue weighted by Crippen LogP contribution is -2.28. The number of rotatable bonds is 5. The smallest absolute Gasteiger partial charge is 0.352 e. The van der Waals surface area contributed by atoms with E-state index in [2.05, 4.69) is 10.6 Å². The molecule has 0 aliphatic carbocycles. The standard InChI is InChI=1S/C19H16F6N2O2/c1-11-2-4-15(5-3-11)27-16(28)6-7-26-17(29)12-8-13(18(20,21)22)10-14(9-12)19(23,24)25/h2-5,8-10H,6-7H2,1H3,(H,26,29)(H,27,28). The summed E-state index contributed by atoms with van der Waals surface area (Å²) in [6, 6.07) is 7.45. The van der Waals surface area contributed by atoms with Crippen molar-refractivity contribution in [2.75, 3.05) is 11.9 Å². The van der Waals surface area contributed by atoms with Gasteiger partial charge in [0.1, 0.15) is 0 Å². The van der Waals surface area contributed by atoms with Crippen molar-refractivity contribution in [2.24, 2.45) is 0 Å². The molecule has 0 radical (unpaired) electrons. The third-order valence-corrected chi connectivity index (χ3v) is 3.82. The largest absolute Gasteiger partial charge is 0.416 e. The molecule has 0 heterocycles. The molecule has 0 saturated carbocycles. The number of alkyl halides is 6. The lowest BCUT2D eigenvalue weighted by atomic mass is 10.0. The second-order valence-electron chi connectivity index (χ2n) is 6.21. The van der Waals surface area contributed by atoms with Crippen LogP contribution in [-0.4, -0.2) is 18.4 Å². The zero-order chi connectivity index (χ0) is 21.8. The highest BCUT2D eigenvalue weighted by atomic mass is 19.4. The van der Waals surface area contributed by atoms with Gasteiger partial charge in [-0.3, -0.25) is 9.59 Å². The van der Waals surface area contributed by atoms with Gasteiger partial charge in [0.25, 0.3) is 5.91 Å². The van der Waals surface area contributed by atoms with Gasteiger partial charge in [-0.15, -0.1) is 0 Å². The molecule has 0 unspecified atom stereocenters. The maximum atomic E-state index is 12.8. The zero-order valence-corrected chi connectivity index (χ0v) is 15.0. The third-order valence-electron chi connectivity index (χ3n) is 3.82. The van der Waals surface area contributed by atoms with Crippen molar-refractivity contribution in [3.05, 3.63) is 64.7 Å². The Balaban J connectivity index is 2.02. The monoisotopic (exact) mass is 418 g/mol. The summed E-state index contributed by atoms with van der Waals surface area (Å²) in [5.74, 6) is -1.63. The predicted octanol–water partition coefficient (Wildman–Crippen LogP) is 4.79. The summed E-state index contributed by atoms with van der Waals surface area (Å²) in [4.78, 5) is 23.8. The van der Waals surface area contributed by atoms with Crippen molar-refractivity contribution in [1.82, 2.24) is 5.32 Å². The average Bonchev–Trinajstić information content (AvgIpc) is 2.61. The first kappa shape index (κ1) is 22.3. The van der Waals surface area contributed by atoms with Gasteiger partial charge in [0.2, 0.25) is 5.91 Å². The van der Waals surface area contributed by atoms with Crippen LogP contribution in [-0.2, 0) is 17.1 Å². The zero-order valence-electron chi connectivity index (χ0n) is 15.0. The van der Waals surface area contributed by atoms with Crippen molar-refractivity contribution < 1.29 is 35.9 Å². The minimum absolute atomic E-state index is 0.0637. The molecule has 0 saturated heterocycles. The van der Waals surface area contributed by atoms with E-state index in [4.69, 9.17) is 0 Å². The number of hydrogen-bond acceptors (Lipinski definition) is 2. The molecule has 10 heteroatoms. The predicted molar refractivity (Wildman–Crippen MR) is 93.2 cm³/mol. The van der Waals surface area contributed by atoms with E-state index >= 15 is 0 Å². The first-order valence-electron chi connectivity index (χ1n) is 8.30. The molecule has 2 amide bonds.